The van der Waals surface area contributed by atoms with Gasteiger partial charge in [0.25, 0.3) is 0 Å². The van der Waals surface area contributed by atoms with Gasteiger partial charge in [0.05, 0.1) is 18.6 Å². The molecule has 0 unspecified atom stereocenters. The van der Waals surface area contributed by atoms with E-state index in [0.717, 1.165) is 17.4 Å². The second-order valence-electron chi connectivity index (χ2n) is 5.15. The number of carbonyl (C=O) groups is 1. The molecule has 0 aromatic heterocycles. The smallest absolute Gasteiger partial charge is 0.127 e. The SMILES string of the molecule is O=C[C@@H]1CON(Cc2ccccc2)[C@@H]1c1ccc(Cl)cc1. The first-order valence-corrected chi connectivity index (χ1v) is 7.30. The van der Waals surface area contributed by atoms with Crippen molar-refractivity contribution in [2.45, 2.75) is 12.6 Å². The monoisotopic (exact) mass is 301 g/mol. The molecule has 2 atom stereocenters. The van der Waals surface area contributed by atoms with Crippen LogP contribution >= 0.6 is 11.6 Å². The van der Waals surface area contributed by atoms with E-state index < -0.39 is 0 Å². The molecule has 0 N–H and O–H groups in total. The summed E-state index contributed by atoms with van der Waals surface area (Å²) in [6, 6.07) is 17.6. The van der Waals surface area contributed by atoms with Gasteiger partial charge < -0.3 is 4.79 Å². The lowest BCUT2D eigenvalue weighted by molar-refractivity contribution is -0.141. The lowest BCUT2D eigenvalue weighted by Gasteiger charge is -2.24. The normalized spacial score (nSPS) is 22.3. The largest absolute Gasteiger partial charge is 0.303 e. The van der Waals surface area contributed by atoms with Crippen LogP contribution < -0.4 is 0 Å². The van der Waals surface area contributed by atoms with Gasteiger partial charge in [-0.15, -0.1) is 0 Å². The van der Waals surface area contributed by atoms with Crippen molar-refractivity contribution < 1.29 is 9.63 Å². The van der Waals surface area contributed by atoms with E-state index in [9.17, 15) is 4.79 Å². The summed E-state index contributed by atoms with van der Waals surface area (Å²) in [5, 5.41) is 2.58. The van der Waals surface area contributed by atoms with Gasteiger partial charge in [0.2, 0.25) is 0 Å². The van der Waals surface area contributed by atoms with E-state index in [0.29, 0.717) is 18.2 Å². The van der Waals surface area contributed by atoms with Crippen LogP contribution in [0.4, 0.5) is 0 Å². The third kappa shape index (κ3) is 3.16. The van der Waals surface area contributed by atoms with Crippen molar-refractivity contribution in [3.05, 3.63) is 70.7 Å². The highest BCUT2D eigenvalue weighted by molar-refractivity contribution is 6.30. The summed E-state index contributed by atoms with van der Waals surface area (Å²) in [4.78, 5) is 17.0. The molecule has 2 aromatic carbocycles. The molecular formula is C17H16ClNO2. The Morgan fingerprint density at radius 1 is 1.14 bits per heavy atom. The Bertz CT molecular complexity index is 600. The van der Waals surface area contributed by atoms with Gasteiger partial charge in [-0.05, 0) is 23.3 Å². The van der Waals surface area contributed by atoms with E-state index in [2.05, 4.69) is 12.1 Å². The lowest BCUT2D eigenvalue weighted by Crippen LogP contribution is -2.24. The Morgan fingerprint density at radius 3 is 2.52 bits per heavy atom. The van der Waals surface area contributed by atoms with Crippen molar-refractivity contribution in [1.29, 1.82) is 0 Å². The van der Waals surface area contributed by atoms with Crippen molar-refractivity contribution in [2.75, 3.05) is 6.61 Å². The maximum Gasteiger partial charge on any atom is 0.127 e. The first-order chi connectivity index (χ1) is 10.3. The molecule has 3 nitrogen and oxygen atoms in total. The summed E-state index contributed by atoms with van der Waals surface area (Å²) >= 11 is 5.94. The van der Waals surface area contributed by atoms with Crippen LogP contribution in [-0.2, 0) is 16.2 Å². The fraction of sp³-hybridized carbons (Fsp3) is 0.235. The first-order valence-electron chi connectivity index (χ1n) is 6.92. The standard InChI is InChI=1S/C17H16ClNO2/c18-16-8-6-14(7-9-16)17-15(11-20)12-21-19(17)10-13-4-2-1-3-5-13/h1-9,11,15,17H,10,12H2/t15-,17-/m1/s1. The molecule has 0 amide bonds. The van der Waals surface area contributed by atoms with Crippen LogP contribution in [0.25, 0.3) is 0 Å². The van der Waals surface area contributed by atoms with Crippen molar-refractivity contribution in [2.24, 2.45) is 5.92 Å². The van der Waals surface area contributed by atoms with Crippen LogP contribution in [0.15, 0.2) is 54.6 Å². The summed E-state index contributed by atoms with van der Waals surface area (Å²) < 4.78 is 0. The third-order valence-corrected chi connectivity index (χ3v) is 3.97. The number of halogens is 1. The number of nitrogens with zero attached hydrogens (tertiary/aromatic N) is 1. The molecule has 0 saturated carbocycles. The van der Waals surface area contributed by atoms with E-state index in [1.165, 1.54) is 0 Å². The minimum absolute atomic E-state index is 0.0695. The van der Waals surface area contributed by atoms with E-state index in [1.807, 2.05) is 47.5 Å². The van der Waals surface area contributed by atoms with Crippen LogP contribution in [0.1, 0.15) is 17.2 Å². The number of hydroxylamine groups is 2. The summed E-state index contributed by atoms with van der Waals surface area (Å²) in [5.74, 6) is -0.158. The van der Waals surface area contributed by atoms with Crippen LogP contribution in [0.5, 0.6) is 0 Å². The zero-order valence-corrected chi connectivity index (χ0v) is 12.2. The molecule has 4 heteroatoms. The van der Waals surface area contributed by atoms with Crippen LogP contribution in [0.2, 0.25) is 5.02 Å². The number of aldehydes is 1. The molecule has 108 valence electrons. The highest BCUT2D eigenvalue weighted by Gasteiger charge is 2.36. The summed E-state index contributed by atoms with van der Waals surface area (Å²) in [6.45, 7) is 1.07. The zero-order chi connectivity index (χ0) is 14.7. The topological polar surface area (TPSA) is 29.5 Å². The van der Waals surface area contributed by atoms with Crippen LogP contribution in [-0.4, -0.2) is 18.0 Å². The third-order valence-electron chi connectivity index (χ3n) is 3.72. The molecular weight excluding hydrogens is 286 g/mol. The molecule has 0 spiro atoms. The average molecular weight is 302 g/mol. The maximum absolute atomic E-state index is 11.3. The Balaban J connectivity index is 1.85. The molecule has 2 aromatic rings. The number of benzene rings is 2. The van der Waals surface area contributed by atoms with Crippen LogP contribution in [0, 0.1) is 5.92 Å². The quantitative estimate of drug-likeness (QED) is 0.808. The molecule has 0 radical (unpaired) electrons. The van der Waals surface area contributed by atoms with E-state index in [-0.39, 0.29) is 12.0 Å². The van der Waals surface area contributed by atoms with Gasteiger partial charge in [-0.3, -0.25) is 4.84 Å². The number of carbonyl (C=O) groups excluding carboxylic acids is 1. The second-order valence-corrected chi connectivity index (χ2v) is 5.59. The maximum atomic E-state index is 11.3. The summed E-state index contributed by atoms with van der Waals surface area (Å²) in [6.07, 6.45) is 0.976. The average Bonchev–Trinajstić information content (AvgIpc) is 2.92. The highest BCUT2D eigenvalue weighted by atomic mass is 35.5. The number of rotatable bonds is 4. The fourth-order valence-corrected chi connectivity index (χ4v) is 2.79. The molecule has 1 aliphatic rings. The Kier molecular flexibility index (Phi) is 4.34. The predicted molar refractivity (Wildman–Crippen MR) is 81.7 cm³/mol. The molecule has 0 bridgehead atoms. The van der Waals surface area contributed by atoms with Gasteiger partial charge in [-0.2, -0.15) is 5.06 Å². The van der Waals surface area contributed by atoms with Crippen molar-refractivity contribution >= 4 is 17.9 Å². The predicted octanol–water partition coefficient (Wildman–Crippen LogP) is 3.64. The minimum atomic E-state index is -0.158. The van der Waals surface area contributed by atoms with Gasteiger partial charge in [0.1, 0.15) is 6.29 Å². The lowest BCUT2D eigenvalue weighted by atomic mass is 9.95. The zero-order valence-electron chi connectivity index (χ0n) is 11.5. The highest BCUT2D eigenvalue weighted by Crippen LogP contribution is 2.35. The fourth-order valence-electron chi connectivity index (χ4n) is 2.66. The Morgan fingerprint density at radius 2 is 1.86 bits per heavy atom. The number of hydrogen-bond acceptors (Lipinski definition) is 3. The molecule has 0 aliphatic carbocycles. The summed E-state index contributed by atoms with van der Waals surface area (Å²) in [5.41, 5.74) is 2.20. The van der Waals surface area contributed by atoms with Crippen LogP contribution in [0.3, 0.4) is 0 Å². The van der Waals surface area contributed by atoms with E-state index in [4.69, 9.17) is 16.4 Å². The molecule has 1 fully saturated rings. The first kappa shape index (κ1) is 14.3. The van der Waals surface area contributed by atoms with Gasteiger partial charge in [-0.25, -0.2) is 0 Å². The van der Waals surface area contributed by atoms with E-state index in [1.54, 1.807) is 0 Å². The molecule has 1 heterocycles. The second kappa shape index (κ2) is 6.39. The van der Waals surface area contributed by atoms with Crippen molar-refractivity contribution in [3.63, 3.8) is 0 Å². The summed E-state index contributed by atoms with van der Waals surface area (Å²) in [7, 11) is 0. The molecule has 1 aliphatic heterocycles. The molecule has 3 rings (SSSR count). The van der Waals surface area contributed by atoms with Gasteiger partial charge in [0, 0.05) is 11.6 Å². The van der Waals surface area contributed by atoms with Gasteiger partial charge in [-0.1, -0.05) is 54.1 Å². The van der Waals surface area contributed by atoms with E-state index >= 15 is 0 Å². The molecule has 1 saturated heterocycles. The van der Waals surface area contributed by atoms with Gasteiger partial charge in [0.15, 0.2) is 0 Å². The molecule has 21 heavy (non-hydrogen) atoms. The Labute approximate surface area is 129 Å². The van der Waals surface area contributed by atoms with Gasteiger partial charge >= 0.3 is 0 Å². The van der Waals surface area contributed by atoms with Crippen molar-refractivity contribution in [1.82, 2.24) is 5.06 Å². The minimum Gasteiger partial charge on any atom is -0.303 e. The van der Waals surface area contributed by atoms with Crippen molar-refractivity contribution in [3.8, 4) is 0 Å². The Hall–Kier alpha value is -1.68. The number of hydrogen-bond donors (Lipinski definition) is 0.